The summed E-state index contributed by atoms with van der Waals surface area (Å²) in [6, 6.07) is 16.4. The zero-order valence-electron chi connectivity index (χ0n) is 14.4. The number of carbonyl (C=O) groups is 1. The molecule has 2 aromatic carbocycles. The summed E-state index contributed by atoms with van der Waals surface area (Å²) in [5.41, 5.74) is 1.94. The maximum atomic E-state index is 12.2. The number of halogens is 1. The van der Waals surface area contributed by atoms with Gasteiger partial charge in [-0.1, -0.05) is 41.9 Å². The smallest absolute Gasteiger partial charge is 0.291 e. The maximum Gasteiger partial charge on any atom is 0.334 e. The van der Waals surface area contributed by atoms with Crippen molar-refractivity contribution >= 4 is 33.5 Å². The van der Waals surface area contributed by atoms with E-state index in [0.29, 0.717) is 22.1 Å². The van der Waals surface area contributed by atoms with E-state index < -0.39 is 16.1 Å². The number of nitrogens with one attached hydrogen (secondary N) is 2. The van der Waals surface area contributed by atoms with Crippen LogP contribution in [0.25, 0.3) is 5.69 Å². The van der Waals surface area contributed by atoms with Crippen molar-refractivity contribution in [1.82, 2.24) is 14.5 Å². The van der Waals surface area contributed by atoms with Crippen LogP contribution in [0.3, 0.4) is 0 Å². The molecule has 0 saturated heterocycles. The molecule has 2 N–H and O–H groups in total. The molecule has 1 heterocycles. The van der Waals surface area contributed by atoms with Crippen LogP contribution < -0.4 is 10.0 Å². The molecule has 0 fully saturated rings. The average molecular weight is 405 g/mol. The Labute approximate surface area is 162 Å². The molecule has 27 heavy (non-hydrogen) atoms. The quantitative estimate of drug-likeness (QED) is 0.680. The monoisotopic (exact) mass is 404 g/mol. The number of carbonyl (C=O) groups excluding carboxylic acids is 1. The normalized spacial score (nSPS) is 11.2. The minimum atomic E-state index is -3.87. The maximum absolute atomic E-state index is 12.2. The van der Waals surface area contributed by atoms with Crippen LogP contribution in [-0.2, 0) is 15.8 Å². The van der Waals surface area contributed by atoms with Gasteiger partial charge in [0, 0.05) is 11.1 Å². The van der Waals surface area contributed by atoms with E-state index in [2.05, 4.69) is 10.4 Å². The van der Waals surface area contributed by atoms with Crippen LogP contribution in [0.5, 0.6) is 0 Å². The van der Waals surface area contributed by atoms with Crippen molar-refractivity contribution < 1.29 is 13.2 Å². The molecule has 0 spiro atoms. The molecule has 0 aliphatic heterocycles. The molecule has 0 aliphatic carbocycles. The van der Waals surface area contributed by atoms with E-state index in [9.17, 15) is 13.2 Å². The zero-order valence-corrected chi connectivity index (χ0v) is 16.0. The van der Waals surface area contributed by atoms with Crippen LogP contribution >= 0.6 is 11.6 Å². The van der Waals surface area contributed by atoms with E-state index in [4.69, 9.17) is 11.6 Å². The molecular formula is C18H17ClN4O3S. The largest absolute Gasteiger partial charge is 0.334 e. The van der Waals surface area contributed by atoms with Gasteiger partial charge in [-0.2, -0.15) is 5.10 Å². The number of hydrogen-bond acceptors (Lipinski definition) is 4. The number of para-hydroxylation sites is 1. The minimum Gasteiger partial charge on any atom is -0.291 e. The Morgan fingerprint density at radius 3 is 2.44 bits per heavy atom. The average Bonchev–Trinajstić information content (AvgIpc) is 2.97. The van der Waals surface area contributed by atoms with Gasteiger partial charge in [-0.25, -0.2) is 22.6 Å². The molecule has 0 aliphatic rings. The highest BCUT2D eigenvalue weighted by Crippen LogP contribution is 2.17. The SMILES string of the molecule is Cc1cc(NC(=O)NS(=O)(=O)Cc2ccc(Cl)cc2)n(-c2ccccc2)n1. The topological polar surface area (TPSA) is 93.1 Å². The Hall–Kier alpha value is -2.84. The Morgan fingerprint density at radius 2 is 1.78 bits per heavy atom. The van der Waals surface area contributed by atoms with Crippen LogP contribution in [0.1, 0.15) is 11.3 Å². The van der Waals surface area contributed by atoms with Crippen molar-refractivity contribution in [2.45, 2.75) is 12.7 Å². The molecule has 0 saturated carbocycles. The lowest BCUT2D eigenvalue weighted by Gasteiger charge is -2.10. The fourth-order valence-electron chi connectivity index (χ4n) is 2.47. The first-order chi connectivity index (χ1) is 12.8. The van der Waals surface area contributed by atoms with Gasteiger partial charge >= 0.3 is 6.03 Å². The highest BCUT2D eigenvalue weighted by atomic mass is 35.5. The van der Waals surface area contributed by atoms with Gasteiger partial charge in [-0.3, -0.25) is 5.32 Å². The Kier molecular flexibility index (Phi) is 5.48. The summed E-state index contributed by atoms with van der Waals surface area (Å²) in [6.07, 6.45) is 0. The van der Waals surface area contributed by atoms with E-state index in [1.807, 2.05) is 35.1 Å². The number of anilines is 1. The summed E-state index contributed by atoms with van der Waals surface area (Å²) in [4.78, 5) is 12.2. The van der Waals surface area contributed by atoms with E-state index in [1.54, 1.807) is 37.3 Å². The van der Waals surface area contributed by atoms with Gasteiger partial charge in [0.1, 0.15) is 5.82 Å². The van der Waals surface area contributed by atoms with Gasteiger partial charge in [-0.05, 0) is 36.8 Å². The number of rotatable bonds is 5. The van der Waals surface area contributed by atoms with E-state index >= 15 is 0 Å². The number of hydrogen-bond donors (Lipinski definition) is 2. The first-order valence-corrected chi connectivity index (χ1v) is 10.0. The summed E-state index contributed by atoms with van der Waals surface area (Å²) < 4.78 is 28.0. The summed E-state index contributed by atoms with van der Waals surface area (Å²) in [5.74, 6) is 0.0204. The predicted molar refractivity (Wildman–Crippen MR) is 105 cm³/mol. The molecule has 7 nitrogen and oxygen atoms in total. The first-order valence-electron chi connectivity index (χ1n) is 8.00. The summed E-state index contributed by atoms with van der Waals surface area (Å²) in [6.45, 7) is 1.78. The second-order valence-electron chi connectivity index (χ2n) is 5.86. The highest BCUT2D eigenvalue weighted by Gasteiger charge is 2.17. The van der Waals surface area contributed by atoms with Crippen molar-refractivity contribution in [3.8, 4) is 5.69 Å². The third-order valence-electron chi connectivity index (χ3n) is 3.59. The Morgan fingerprint density at radius 1 is 1.11 bits per heavy atom. The summed E-state index contributed by atoms with van der Waals surface area (Å²) >= 11 is 5.79. The van der Waals surface area contributed by atoms with E-state index in [0.717, 1.165) is 5.69 Å². The number of amides is 2. The molecular weight excluding hydrogens is 388 g/mol. The number of sulfonamides is 1. The summed E-state index contributed by atoms with van der Waals surface area (Å²) in [5, 5.41) is 7.36. The number of urea groups is 1. The van der Waals surface area contributed by atoms with Crippen LogP contribution in [0.15, 0.2) is 60.7 Å². The van der Waals surface area contributed by atoms with Crippen molar-refractivity contribution in [3.05, 3.63) is 76.9 Å². The number of nitrogens with zero attached hydrogens (tertiary/aromatic N) is 2. The second kappa shape index (κ2) is 7.81. The third kappa shape index (κ3) is 5.08. The van der Waals surface area contributed by atoms with Gasteiger partial charge in [0.2, 0.25) is 10.0 Å². The molecule has 0 unspecified atom stereocenters. The number of benzene rings is 2. The van der Waals surface area contributed by atoms with Crippen LogP contribution in [0.2, 0.25) is 5.02 Å². The van der Waals surface area contributed by atoms with E-state index in [-0.39, 0.29) is 5.75 Å². The molecule has 9 heteroatoms. The molecule has 3 rings (SSSR count). The highest BCUT2D eigenvalue weighted by molar-refractivity contribution is 7.89. The molecule has 0 radical (unpaired) electrons. The lowest BCUT2D eigenvalue weighted by molar-refractivity contribution is 0.256. The zero-order chi connectivity index (χ0) is 19.4. The standard InChI is InChI=1S/C18H17ClN4O3S/c1-13-11-17(23(21-13)16-5-3-2-4-6-16)20-18(24)22-27(25,26)12-14-7-9-15(19)10-8-14/h2-11H,12H2,1H3,(H2,20,22,24). The van der Waals surface area contributed by atoms with Crippen molar-refractivity contribution in [1.29, 1.82) is 0 Å². The minimum absolute atomic E-state index is 0.339. The van der Waals surface area contributed by atoms with Crippen LogP contribution in [0.4, 0.5) is 10.6 Å². The van der Waals surface area contributed by atoms with Crippen LogP contribution in [0, 0.1) is 6.92 Å². The molecule has 3 aromatic rings. The lowest BCUT2D eigenvalue weighted by atomic mass is 10.2. The fourth-order valence-corrected chi connectivity index (χ4v) is 3.64. The molecule has 140 valence electrons. The van der Waals surface area contributed by atoms with Crippen LogP contribution in [-0.4, -0.2) is 24.2 Å². The van der Waals surface area contributed by atoms with Crippen molar-refractivity contribution in [2.75, 3.05) is 5.32 Å². The van der Waals surface area contributed by atoms with Gasteiger partial charge in [0.05, 0.1) is 17.1 Å². The molecule has 0 bridgehead atoms. The van der Waals surface area contributed by atoms with Gasteiger partial charge in [0.25, 0.3) is 0 Å². The second-order valence-corrected chi connectivity index (χ2v) is 8.02. The van der Waals surface area contributed by atoms with E-state index in [1.165, 1.54) is 4.68 Å². The van der Waals surface area contributed by atoms with Gasteiger partial charge < -0.3 is 0 Å². The number of aromatic nitrogens is 2. The van der Waals surface area contributed by atoms with Crippen molar-refractivity contribution in [3.63, 3.8) is 0 Å². The molecule has 2 amide bonds. The first kappa shape index (κ1) is 18.9. The Balaban J connectivity index is 1.72. The third-order valence-corrected chi connectivity index (χ3v) is 5.05. The summed E-state index contributed by atoms with van der Waals surface area (Å²) in [7, 11) is -3.87. The van der Waals surface area contributed by atoms with Gasteiger partial charge in [-0.15, -0.1) is 0 Å². The number of aryl methyl sites for hydroxylation is 1. The Bertz CT molecular complexity index is 1050. The van der Waals surface area contributed by atoms with Crippen molar-refractivity contribution in [2.24, 2.45) is 0 Å². The predicted octanol–water partition coefficient (Wildman–Crippen LogP) is 3.49. The lowest BCUT2D eigenvalue weighted by Crippen LogP contribution is -2.35. The molecule has 0 atom stereocenters. The molecule has 1 aromatic heterocycles. The fraction of sp³-hybridized carbons (Fsp3) is 0.111. The van der Waals surface area contributed by atoms with Gasteiger partial charge in [0.15, 0.2) is 0 Å².